The van der Waals surface area contributed by atoms with Crippen LogP contribution in [0.15, 0.2) is 28.7 Å². The molecular formula is C12H17BrN2. The van der Waals surface area contributed by atoms with Crippen molar-refractivity contribution in [2.45, 2.75) is 30.7 Å². The molecule has 1 aromatic carbocycles. The Hall–Kier alpha value is -0.380. The van der Waals surface area contributed by atoms with E-state index >= 15 is 0 Å². The van der Waals surface area contributed by atoms with Gasteiger partial charge in [-0.1, -0.05) is 34.5 Å². The third-order valence-electron chi connectivity index (χ3n) is 3.61. The van der Waals surface area contributed by atoms with Crippen molar-refractivity contribution in [1.82, 2.24) is 0 Å². The average molecular weight is 269 g/mol. The maximum absolute atomic E-state index is 6.16. The molecule has 1 aromatic rings. The van der Waals surface area contributed by atoms with Crippen LogP contribution in [0.5, 0.6) is 0 Å². The first-order valence-corrected chi connectivity index (χ1v) is 6.20. The van der Waals surface area contributed by atoms with Gasteiger partial charge in [0.2, 0.25) is 0 Å². The lowest BCUT2D eigenvalue weighted by molar-refractivity contribution is 0.198. The van der Waals surface area contributed by atoms with Crippen LogP contribution in [0, 0.1) is 0 Å². The van der Waals surface area contributed by atoms with Gasteiger partial charge < -0.3 is 11.5 Å². The molecule has 4 N–H and O–H groups in total. The summed E-state index contributed by atoms with van der Waals surface area (Å²) in [4.78, 5) is 0. The second kappa shape index (κ2) is 4.24. The van der Waals surface area contributed by atoms with Crippen LogP contribution in [0.1, 0.15) is 24.8 Å². The third-order valence-corrected chi connectivity index (χ3v) is 4.10. The summed E-state index contributed by atoms with van der Waals surface area (Å²) >= 11 is 3.51. The van der Waals surface area contributed by atoms with E-state index in [4.69, 9.17) is 11.5 Å². The van der Waals surface area contributed by atoms with Crippen molar-refractivity contribution in [3.8, 4) is 0 Å². The van der Waals surface area contributed by atoms with Crippen molar-refractivity contribution < 1.29 is 0 Å². The van der Waals surface area contributed by atoms with Gasteiger partial charge in [-0.05, 0) is 30.5 Å². The first kappa shape index (κ1) is 11.1. The first-order chi connectivity index (χ1) is 7.19. The van der Waals surface area contributed by atoms with Gasteiger partial charge in [0.1, 0.15) is 0 Å². The molecular weight excluding hydrogens is 252 g/mol. The second-order valence-electron chi connectivity index (χ2n) is 4.36. The molecule has 0 saturated heterocycles. The van der Waals surface area contributed by atoms with E-state index in [1.165, 1.54) is 24.8 Å². The molecule has 0 bridgehead atoms. The number of hydrogen-bond acceptors (Lipinski definition) is 2. The Morgan fingerprint density at radius 2 is 2.13 bits per heavy atom. The summed E-state index contributed by atoms with van der Waals surface area (Å²) in [6.45, 7) is 0.562. The minimum absolute atomic E-state index is 0.0838. The Morgan fingerprint density at radius 1 is 1.40 bits per heavy atom. The smallest absolute Gasteiger partial charge is 0.0261 e. The van der Waals surface area contributed by atoms with Crippen LogP contribution in [-0.2, 0) is 5.41 Å². The largest absolute Gasteiger partial charge is 0.329 e. The zero-order valence-electron chi connectivity index (χ0n) is 8.75. The molecule has 0 aromatic heterocycles. The van der Waals surface area contributed by atoms with Crippen molar-refractivity contribution in [2.24, 2.45) is 11.5 Å². The first-order valence-electron chi connectivity index (χ1n) is 5.41. The van der Waals surface area contributed by atoms with E-state index in [-0.39, 0.29) is 11.5 Å². The van der Waals surface area contributed by atoms with Crippen LogP contribution in [0.25, 0.3) is 0 Å². The zero-order valence-corrected chi connectivity index (χ0v) is 10.3. The van der Waals surface area contributed by atoms with E-state index in [0.29, 0.717) is 6.54 Å². The highest BCUT2D eigenvalue weighted by atomic mass is 79.9. The fraction of sp³-hybridized carbons (Fsp3) is 0.500. The summed E-state index contributed by atoms with van der Waals surface area (Å²) in [5.41, 5.74) is 13.3. The molecule has 0 radical (unpaired) electrons. The topological polar surface area (TPSA) is 52.0 Å². The number of halogens is 1. The molecule has 0 heterocycles. The summed E-state index contributed by atoms with van der Waals surface area (Å²) in [5.74, 6) is 0. The highest BCUT2D eigenvalue weighted by Gasteiger charge is 2.43. The second-order valence-corrected chi connectivity index (χ2v) is 5.28. The Balaban J connectivity index is 2.34. The van der Waals surface area contributed by atoms with E-state index in [2.05, 4.69) is 34.1 Å². The summed E-state index contributed by atoms with van der Waals surface area (Å²) in [6, 6.07) is 8.54. The van der Waals surface area contributed by atoms with Crippen LogP contribution in [0.2, 0.25) is 0 Å². The number of benzene rings is 1. The Labute approximate surface area is 99.2 Å². The van der Waals surface area contributed by atoms with Gasteiger partial charge in [0.15, 0.2) is 0 Å². The number of nitrogens with two attached hydrogens (primary N) is 2. The lowest BCUT2D eigenvalue weighted by Gasteiger charge is -2.46. The number of hydrogen-bond donors (Lipinski definition) is 2. The highest BCUT2D eigenvalue weighted by Crippen LogP contribution is 2.46. The van der Waals surface area contributed by atoms with E-state index in [0.717, 1.165) is 4.47 Å². The van der Waals surface area contributed by atoms with E-state index in [1.54, 1.807) is 0 Å². The van der Waals surface area contributed by atoms with Crippen molar-refractivity contribution in [2.75, 3.05) is 6.54 Å². The molecule has 1 atom stereocenters. The summed E-state index contributed by atoms with van der Waals surface area (Å²) in [5, 5.41) is 0. The quantitative estimate of drug-likeness (QED) is 0.883. The molecule has 0 spiro atoms. The van der Waals surface area contributed by atoms with Gasteiger partial charge in [0.25, 0.3) is 0 Å². The fourth-order valence-electron chi connectivity index (χ4n) is 2.45. The summed E-state index contributed by atoms with van der Waals surface area (Å²) in [7, 11) is 0. The van der Waals surface area contributed by atoms with Gasteiger partial charge in [0.05, 0.1) is 0 Å². The van der Waals surface area contributed by atoms with Crippen molar-refractivity contribution in [1.29, 1.82) is 0 Å². The molecule has 1 fully saturated rings. The van der Waals surface area contributed by atoms with Gasteiger partial charge in [-0.2, -0.15) is 0 Å². The van der Waals surface area contributed by atoms with Gasteiger partial charge in [-0.3, -0.25) is 0 Å². The molecule has 82 valence electrons. The van der Waals surface area contributed by atoms with Gasteiger partial charge in [-0.25, -0.2) is 0 Å². The zero-order chi connectivity index (χ0) is 10.9. The molecule has 1 aliphatic rings. The van der Waals surface area contributed by atoms with E-state index in [9.17, 15) is 0 Å². The number of rotatable bonds is 3. The Kier molecular flexibility index (Phi) is 3.14. The maximum atomic E-state index is 6.16. The molecule has 15 heavy (non-hydrogen) atoms. The van der Waals surface area contributed by atoms with Crippen LogP contribution < -0.4 is 11.5 Å². The molecule has 1 saturated carbocycles. The predicted molar refractivity (Wildman–Crippen MR) is 66.7 cm³/mol. The standard InChI is InChI=1S/C12H17BrN2/c13-10-4-1-3-9(7-10)12(5-2-6-12)11(15)8-14/h1,3-4,7,11H,2,5-6,8,14-15H2. The Bertz CT molecular complexity index is 347. The Morgan fingerprint density at radius 3 is 2.60 bits per heavy atom. The highest BCUT2D eigenvalue weighted by molar-refractivity contribution is 9.10. The average Bonchev–Trinajstić information content (AvgIpc) is 2.16. The van der Waals surface area contributed by atoms with Crippen LogP contribution in [-0.4, -0.2) is 12.6 Å². The minimum atomic E-state index is 0.0838. The van der Waals surface area contributed by atoms with E-state index in [1.807, 2.05) is 6.07 Å². The SMILES string of the molecule is NCC(N)C1(c2cccc(Br)c2)CCC1. The fourth-order valence-corrected chi connectivity index (χ4v) is 2.85. The van der Waals surface area contributed by atoms with Gasteiger partial charge in [-0.15, -0.1) is 0 Å². The van der Waals surface area contributed by atoms with Crippen LogP contribution in [0.3, 0.4) is 0 Å². The maximum Gasteiger partial charge on any atom is 0.0261 e. The van der Waals surface area contributed by atoms with Gasteiger partial charge in [0, 0.05) is 22.5 Å². The third kappa shape index (κ3) is 1.84. The van der Waals surface area contributed by atoms with E-state index < -0.39 is 0 Å². The molecule has 0 aliphatic heterocycles. The lowest BCUT2D eigenvalue weighted by Crippen LogP contribution is -2.53. The predicted octanol–water partition coefficient (Wildman–Crippen LogP) is 2.16. The molecule has 2 nitrogen and oxygen atoms in total. The molecule has 0 amide bonds. The van der Waals surface area contributed by atoms with Crippen LogP contribution >= 0.6 is 15.9 Å². The monoisotopic (exact) mass is 268 g/mol. The van der Waals surface area contributed by atoms with Gasteiger partial charge >= 0.3 is 0 Å². The van der Waals surface area contributed by atoms with Crippen molar-refractivity contribution >= 4 is 15.9 Å². The summed E-state index contributed by atoms with van der Waals surface area (Å²) < 4.78 is 1.12. The van der Waals surface area contributed by atoms with Crippen LogP contribution in [0.4, 0.5) is 0 Å². The van der Waals surface area contributed by atoms with Crippen molar-refractivity contribution in [3.63, 3.8) is 0 Å². The lowest BCUT2D eigenvalue weighted by atomic mass is 9.60. The normalized spacial score (nSPS) is 20.7. The van der Waals surface area contributed by atoms with Crippen molar-refractivity contribution in [3.05, 3.63) is 34.3 Å². The summed E-state index contributed by atoms with van der Waals surface area (Å²) in [6.07, 6.45) is 3.60. The molecule has 3 heteroatoms. The minimum Gasteiger partial charge on any atom is -0.329 e. The molecule has 2 rings (SSSR count). The molecule has 1 unspecified atom stereocenters. The molecule has 1 aliphatic carbocycles.